The van der Waals surface area contributed by atoms with Crippen LogP contribution in [0.15, 0.2) is 24.5 Å². The molecule has 0 saturated carbocycles. The first-order valence-corrected chi connectivity index (χ1v) is 8.58. The second kappa shape index (κ2) is 7.11. The topological polar surface area (TPSA) is 49.3 Å². The van der Waals surface area contributed by atoms with Crippen molar-refractivity contribution in [1.82, 2.24) is 14.9 Å². The first-order valence-electron chi connectivity index (χ1n) is 8.58. The first-order chi connectivity index (χ1) is 11.7. The minimum atomic E-state index is -0.331. The third-order valence-electron chi connectivity index (χ3n) is 4.81. The molecule has 0 radical (unpaired) electrons. The molecule has 2 aromatic rings. The van der Waals surface area contributed by atoms with E-state index in [-0.39, 0.29) is 17.6 Å². The maximum absolute atomic E-state index is 13.9. The van der Waals surface area contributed by atoms with E-state index >= 15 is 0 Å². The van der Waals surface area contributed by atoms with Gasteiger partial charge in [-0.2, -0.15) is 0 Å². The van der Waals surface area contributed by atoms with Gasteiger partial charge in [-0.3, -0.25) is 4.79 Å². The minimum absolute atomic E-state index is 0.0750. The van der Waals surface area contributed by atoms with Gasteiger partial charge in [0.05, 0.1) is 0 Å². The van der Waals surface area contributed by atoms with Crippen LogP contribution in [0.4, 0.5) is 10.2 Å². The van der Waals surface area contributed by atoms with E-state index in [1.165, 1.54) is 12.4 Å². The lowest BCUT2D eigenvalue weighted by Gasteiger charge is -2.34. The molecule has 0 bridgehead atoms. The van der Waals surface area contributed by atoms with Crippen LogP contribution < -0.4 is 4.90 Å². The zero-order chi connectivity index (χ0) is 17.1. The third kappa shape index (κ3) is 3.05. The molecule has 1 aliphatic heterocycles. The summed E-state index contributed by atoms with van der Waals surface area (Å²) in [5, 5.41) is 0.728. The molecule has 3 rings (SSSR count). The van der Waals surface area contributed by atoms with Crippen molar-refractivity contribution in [2.45, 2.75) is 26.7 Å². The third-order valence-corrected chi connectivity index (χ3v) is 4.81. The van der Waals surface area contributed by atoms with Crippen molar-refractivity contribution in [1.29, 1.82) is 0 Å². The van der Waals surface area contributed by atoms with Crippen molar-refractivity contribution in [3.05, 3.63) is 30.3 Å². The Balaban J connectivity index is 1.76. The van der Waals surface area contributed by atoms with Crippen molar-refractivity contribution in [3.63, 3.8) is 0 Å². The molecular weight excluding hydrogens is 307 g/mol. The van der Waals surface area contributed by atoms with Crippen LogP contribution in [0.1, 0.15) is 26.7 Å². The van der Waals surface area contributed by atoms with Gasteiger partial charge in [0.15, 0.2) is 0 Å². The summed E-state index contributed by atoms with van der Waals surface area (Å²) >= 11 is 0. The number of nitrogens with zero attached hydrogens (tertiary/aromatic N) is 4. The number of aromatic nitrogens is 2. The van der Waals surface area contributed by atoms with Crippen molar-refractivity contribution >= 4 is 22.6 Å². The van der Waals surface area contributed by atoms with Crippen LogP contribution in [0.5, 0.6) is 0 Å². The Kier molecular flexibility index (Phi) is 4.92. The number of fused-ring (bicyclic) bond motifs is 1. The summed E-state index contributed by atoms with van der Waals surface area (Å²) in [5.41, 5.74) is 0.351. The van der Waals surface area contributed by atoms with E-state index in [1.54, 1.807) is 6.07 Å². The minimum Gasteiger partial charge on any atom is -0.356 e. The lowest BCUT2D eigenvalue weighted by Crippen LogP contribution is -2.42. The fourth-order valence-corrected chi connectivity index (χ4v) is 3.42. The number of benzene rings is 1. The van der Waals surface area contributed by atoms with Crippen LogP contribution in [-0.2, 0) is 4.79 Å². The number of hydrogen-bond donors (Lipinski definition) is 0. The number of hydrogen-bond acceptors (Lipinski definition) is 4. The van der Waals surface area contributed by atoms with Crippen LogP contribution in [0.25, 0.3) is 10.9 Å². The summed E-state index contributed by atoms with van der Waals surface area (Å²) in [5.74, 6) is 0.750. The Morgan fingerprint density at radius 1 is 1.25 bits per heavy atom. The Bertz CT molecular complexity index is 724. The van der Waals surface area contributed by atoms with E-state index in [0.29, 0.717) is 5.52 Å². The smallest absolute Gasteiger partial charge is 0.225 e. The van der Waals surface area contributed by atoms with Gasteiger partial charge < -0.3 is 9.80 Å². The van der Waals surface area contributed by atoms with Gasteiger partial charge in [-0.05, 0) is 38.8 Å². The molecule has 1 aliphatic rings. The number of halogens is 1. The number of carbonyl (C=O) groups is 1. The van der Waals surface area contributed by atoms with Crippen LogP contribution in [0.3, 0.4) is 0 Å². The lowest BCUT2D eigenvalue weighted by atomic mass is 9.95. The number of rotatable bonds is 4. The standard InChI is InChI=1S/C18H23FN4O/c1-3-22(4-2)18(24)13-8-10-23(11-9-13)17-14-6-5-7-15(19)16(14)20-12-21-17/h5-7,12-13H,3-4,8-11H2,1-2H3. The molecule has 1 fully saturated rings. The van der Waals surface area contributed by atoms with E-state index in [2.05, 4.69) is 14.9 Å². The SMILES string of the molecule is CCN(CC)C(=O)C1CCN(c2ncnc3c(F)cccc23)CC1. The quantitative estimate of drug-likeness (QED) is 0.865. The van der Waals surface area contributed by atoms with E-state index in [1.807, 2.05) is 24.8 Å². The van der Waals surface area contributed by atoms with Gasteiger partial charge in [0.2, 0.25) is 5.91 Å². The zero-order valence-electron chi connectivity index (χ0n) is 14.2. The summed E-state index contributed by atoms with van der Waals surface area (Å²) in [6.07, 6.45) is 3.01. The van der Waals surface area contributed by atoms with Crippen LogP contribution >= 0.6 is 0 Å². The van der Waals surface area contributed by atoms with Crippen LogP contribution in [0.2, 0.25) is 0 Å². The maximum Gasteiger partial charge on any atom is 0.225 e. The molecule has 1 aromatic carbocycles. The van der Waals surface area contributed by atoms with E-state index < -0.39 is 0 Å². The number of anilines is 1. The highest BCUT2D eigenvalue weighted by Gasteiger charge is 2.28. The summed E-state index contributed by atoms with van der Waals surface area (Å²) in [4.78, 5) is 24.9. The Morgan fingerprint density at radius 3 is 2.62 bits per heavy atom. The maximum atomic E-state index is 13.9. The van der Waals surface area contributed by atoms with Gasteiger partial charge in [0.1, 0.15) is 23.5 Å². The van der Waals surface area contributed by atoms with Crippen LogP contribution in [0, 0.1) is 11.7 Å². The molecule has 0 atom stereocenters. The molecule has 0 spiro atoms. The largest absolute Gasteiger partial charge is 0.356 e. The van der Waals surface area contributed by atoms with Crippen molar-refractivity contribution < 1.29 is 9.18 Å². The molecule has 24 heavy (non-hydrogen) atoms. The van der Waals surface area contributed by atoms with E-state index in [4.69, 9.17) is 0 Å². The Morgan fingerprint density at radius 2 is 1.96 bits per heavy atom. The predicted octanol–water partition coefficient (Wildman–Crippen LogP) is 2.85. The summed E-state index contributed by atoms with van der Waals surface area (Å²) in [7, 11) is 0. The molecule has 6 heteroatoms. The number of amides is 1. The van der Waals surface area contributed by atoms with E-state index in [0.717, 1.165) is 50.2 Å². The normalized spacial score (nSPS) is 15.7. The second-order valence-electron chi connectivity index (χ2n) is 6.11. The van der Waals surface area contributed by atoms with Crippen molar-refractivity contribution in [2.75, 3.05) is 31.1 Å². The number of piperidine rings is 1. The second-order valence-corrected chi connectivity index (χ2v) is 6.11. The molecule has 5 nitrogen and oxygen atoms in total. The van der Waals surface area contributed by atoms with Gasteiger partial charge in [-0.25, -0.2) is 14.4 Å². The average Bonchev–Trinajstić information content (AvgIpc) is 2.63. The predicted molar refractivity (Wildman–Crippen MR) is 92.4 cm³/mol. The van der Waals surface area contributed by atoms with Gasteiger partial charge in [-0.15, -0.1) is 0 Å². The number of para-hydroxylation sites is 1. The summed E-state index contributed by atoms with van der Waals surface area (Å²) in [6, 6.07) is 4.94. The van der Waals surface area contributed by atoms with Crippen molar-refractivity contribution in [2.24, 2.45) is 5.92 Å². The molecule has 1 amide bonds. The zero-order valence-corrected chi connectivity index (χ0v) is 14.2. The molecule has 0 unspecified atom stereocenters. The summed E-state index contributed by atoms with van der Waals surface area (Å²) < 4.78 is 13.9. The highest BCUT2D eigenvalue weighted by atomic mass is 19.1. The van der Waals surface area contributed by atoms with Gasteiger partial charge >= 0.3 is 0 Å². The van der Waals surface area contributed by atoms with Gasteiger partial charge in [0.25, 0.3) is 0 Å². The van der Waals surface area contributed by atoms with Gasteiger partial charge in [0, 0.05) is 37.5 Å². The fraction of sp³-hybridized carbons (Fsp3) is 0.500. The molecule has 0 N–H and O–H groups in total. The highest BCUT2D eigenvalue weighted by Crippen LogP contribution is 2.29. The molecule has 1 aromatic heterocycles. The van der Waals surface area contributed by atoms with Gasteiger partial charge in [-0.1, -0.05) is 6.07 Å². The van der Waals surface area contributed by atoms with E-state index in [9.17, 15) is 9.18 Å². The number of carbonyl (C=O) groups excluding carboxylic acids is 1. The molecule has 2 heterocycles. The fourth-order valence-electron chi connectivity index (χ4n) is 3.42. The Hall–Kier alpha value is -2.24. The first kappa shape index (κ1) is 16.6. The average molecular weight is 330 g/mol. The van der Waals surface area contributed by atoms with Crippen molar-refractivity contribution in [3.8, 4) is 0 Å². The molecule has 128 valence electrons. The molecule has 1 saturated heterocycles. The summed E-state index contributed by atoms with van der Waals surface area (Å²) in [6.45, 7) is 7.04. The Labute approximate surface area is 141 Å². The highest BCUT2D eigenvalue weighted by molar-refractivity contribution is 5.89. The van der Waals surface area contributed by atoms with Crippen LogP contribution in [-0.4, -0.2) is 47.0 Å². The molecule has 0 aliphatic carbocycles. The monoisotopic (exact) mass is 330 g/mol. The lowest BCUT2D eigenvalue weighted by molar-refractivity contribution is -0.135. The molecular formula is C18H23FN4O.